The molecule has 3 rings (SSSR count). The Labute approximate surface area is 122 Å². The van der Waals surface area contributed by atoms with Crippen LogP contribution >= 0.6 is 0 Å². The minimum atomic E-state index is -0.318. The molecule has 0 radical (unpaired) electrons. The molecule has 0 saturated carbocycles. The number of carbonyl (C=O) groups excluding carboxylic acids is 1. The fourth-order valence-corrected chi connectivity index (χ4v) is 2.16. The molecule has 21 heavy (non-hydrogen) atoms. The van der Waals surface area contributed by atoms with Gasteiger partial charge >= 0.3 is 5.97 Å². The first-order valence-electron chi connectivity index (χ1n) is 7.06. The lowest BCUT2D eigenvalue weighted by Gasteiger charge is -2.09. The number of esters is 1. The molecular formula is C15H17N3O3. The minimum Gasteiger partial charge on any atom is -0.456 e. The van der Waals surface area contributed by atoms with E-state index >= 15 is 0 Å². The van der Waals surface area contributed by atoms with Gasteiger partial charge in [-0.2, -0.15) is 5.10 Å². The lowest BCUT2D eigenvalue weighted by molar-refractivity contribution is 0.0270. The number of benzene rings is 1. The normalized spacial score (nSPS) is 17.9. The molecule has 1 saturated heterocycles. The second-order valence-corrected chi connectivity index (χ2v) is 4.93. The van der Waals surface area contributed by atoms with Crippen LogP contribution in [0.5, 0.6) is 0 Å². The molecular weight excluding hydrogens is 270 g/mol. The number of carbonyl (C=O) groups is 1. The Kier molecular flexibility index (Phi) is 3.96. The van der Waals surface area contributed by atoms with Crippen molar-refractivity contribution >= 4 is 5.97 Å². The smallest absolute Gasteiger partial charge is 0.338 e. The molecule has 1 aliphatic rings. The SMILES string of the molecule is CCc1nc(-c2ccc(C(=O)O[C@H]3CCOC3)cc2)n[nH]1. The first-order chi connectivity index (χ1) is 10.3. The molecule has 1 aromatic heterocycles. The Morgan fingerprint density at radius 2 is 2.24 bits per heavy atom. The van der Waals surface area contributed by atoms with Crippen molar-refractivity contribution in [1.29, 1.82) is 0 Å². The largest absolute Gasteiger partial charge is 0.456 e. The fraction of sp³-hybridized carbons (Fsp3) is 0.400. The first kappa shape index (κ1) is 13.8. The van der Waals surface area contributed by atoms with Crippen molar-refractivity contribution in [1.82, 2.24) is 15.2 Å². The predicted molar refractivity (Wildman–Crippen MR) is 75.8 cm³/mol. The van der Waals surface area contributed by atoms with Crippen LogP contribution in [0, 0.1) is 0 Å². The lowest BCUT2D eigenvalue weighted by Crippen LogP contribution is -2.17. The molecule has 1 aliphatic heterocycles. The molecule has 1 fully saturated rings. The number of rotatable bonds is 4. The van der Waals surface area contributed by atoms with E-state index in [0.717, 1.165) is 24.2 Å². The van der Waals surface area contributed by atoms with Crippen molar-refractivity contribution in [3.8, 4) is 11.4 Å². The molecule has 6 heteroatoms. The monoisotopic (exact) mass is 287 g/mol. The van der Waals surface area contributed by atoms with Crippen LogP contribution in [-0.4, -0.2) is 40.5 Å². The third-order valence-corrected chi connectivity index (χ3v) is 3.41. The molecule has 2 aromatic rings. The van der Waals surface area contributed by atoms with Gasteiger partial charge in [-0.15, -0.1) is 0 Å². The van der Waals surface area contributed by atoms with Gasteiger partial charge in [-0.25, -0.2) is 9.78 Å². The van der Waals surface area contributed by atoms with Gasteiger partial charge < -0.3 is 9.47 Å². The van der Waals surface area contributed by atoms with E-state index < -0.39 is 0 Å². The molecule has 0 amide bonds. The van der Waals surface area contributed by atoms with E-state index in [1.807, 2.05) is 19.1 Å². The summed E-state index contributed by atoms with van der Waals surface area (Å²) in [6.45, 7) is 3.15. The van der Waals surface area contributed by atoms with E-state index in [0.29, 0.717) is 24.6 Å². The van der Waals surface area contributed by atoms with Crippen LogP contribution in [0.25, 0.3) is 11.4 Å². The van der Waals surface area contributed by atoms with E-state index in [-0.39, 0.29) is 12.1 Å². The fourth-order valence-electron chi connectivity index (χ4n) is 2.16. The summed E-state index contributed by atoms with van der Waals surface area (Å²) < 4.78 is 10.5. The minimum absolute atomic E-state index is 0.128. The Morgan fingerprint density at radius 1 is 1.43 bits per heavy atom. The summed E-state index contributed by atoms with van der Waals surface area (Å²) in [5, 5.41) is 7.02. The van der Waals surface area contributed by atoms with Gasteiger partial charge in [-0.3, -0.25) is 5.10 Å². The molecule has 0 spiro atoms. The molecule has 1 atom stereocenters. The van der Waals surface area contributed by atoms with Gasteiger partial charge in [0, 0.05) is 18.4 Å². The van der Waals surface area contributed by atoms with Crippen molar-refractivity contribution in [3.05, 3.63) is 35.7 Å². The standard InChI is InChI=1S/C15H17N3O3/c1-2-13-16-14(18-17-13)10-3-5-11(6-4-10)15(19)21-12-7-8-20-9-12/h3-6,12H,2,7-9H2,1H3,(H,16,17,18)/t12-/m0/s1. The third kappa shape index (κ3) is 3.11. The number of hydrogen-bond acceptors (Lipinski definition) is 5. The van der Waals surface area contributed by atoms with Gasteiger partial charge in [0.05, 0.1) is 18.8 Å². The zero-order valence-electron chi connectivity index (χ0n) is 11.8. The van der Waals surface area contributed by atoms with Crippen molar-refractivity contribution in [2.24, 2.45) is 0 Å². The third-order valence-electron chi connectivity index (χ3n) is 3.41. The van der Waals surface area contributed by atoms with Gasteiger partial charge in [-0.05, 0) is 12.1 Å². The Hall–Kier alpha value is -2.21. The predicted octanol–water partition coefficient (Wildman–Crippen LogP) is 1.98. The number of aromatic amines is 1. The zero-order valence-corrected chi connectivity index (χ0v) is 11.8. The quantitative estimate of drug-likeness (QED) is 0.870. The number of aromatic nitrogens is 3. The zero-order chi connectivity index (χ0) is 14.7. The Bertz CT molecular complexity index is 615. The highest BCUT2D eigenvalue weighted by molar-refractivity contribution is 5.90. The average molecular weight is 287 g/mol. The van der Waals surface area contributed by atoms with Gasteiger partial charge in [0.2, 0.25) is 0 Å². The molecule has 6 nitrogen and oxygen atoms in total. The summed E-state index contributed by atoms with van der Waals surface area (Å²) in [5.41, 5.74) is 1.39. The summed E-state index contributed by atoms with van der Waals surface area (Å²) in [7, 11) is 0. The highest BCUT2D eigenvalue weighted by Crippen LogP contribution is 2.17. The van der Waals surface area contributed by atoms with Crippen molar-refractivity contribution in [2.45, 2.75) is 25.9 Å². The van der Waals surface area contributed by atoms with Crippen molar-refractivity contribution in [3.63, 3.8) is 0 Å². The Balaban J connectivity index is 1.69. The van der Waals surface area contributed by atoms with Gasteiger partial charge in [-0.1, -0.05) is 19.1 Å². The number of ether oxygens (including phenoxy) is 2. The van der Waals surface area contributed by atoms with Gasteiger partial charge in [0.15, 0.2) is 5.82 Å². The molecule has 110 valence electrons. The molecule has 0 aliphatic carbocycles. The number of aryl methyl sites for hydroxylation is 1. The van der Waals surface area contributed by atoms with E-state index in [1.165, 1.54) is 0 Å². The maximum atomic E-state index is 12.0. The van der Waals surface area contributed by atoms with E-state index in [2.05, 4.69) is 15.2 Å². The number of H-pyrrole nitrogens is 1. The number of hydrogen-bond donors (Lipinski definition) is 1. The van der Waals surface area contributed by atoms with Crippen molar-refractivity contribution < 1.29 is 14.3 Å². The van der Waals surface area contributed by atoms with Crippen LogP contribution in [0.2, 0.25) is 0 Å². The molecule has 0 unspecified atom stereocenters. The molecule has 1 N–H and O–H groups in total. The topological polar surface area (TPSA) is 77.1 Å². The highest BCUT2D eigenvalue weighted by atomic mass is 16.6. The second kappa shape index (κ2) is 6.05. The summed E-state index contributed by atoms with van der Waals surface area (Å²) in [6, 6.07) is 7.11. The summed E-state index contributed by atoms with van der Waals surface area (Å²) >= 11 is 0. The van der Waals surface area contributed by atoms with Crippen LogP contribution < -0.4 is 0 Å². The van der Waals surface area contributed by atoms with Crippen LogP contribution in [0.15, 0.2) is 24.3 Å². The maximum absolute atomic E-state index is 12.0. The summed E-state index contributed by atoms with van der Waals surface area (Å²) in [4.78, 5) is 16.3. The van der Waals surface area contributed by atoms with E-state index in [4.69, 9.17) is 9.47 Å². The maximum Gasteiger partial charge on any atom is 0.338 e. The van der Waals surface area contributed by atoms with Crippen LogP contribution in [0.3, 0.4) is 0 Å². The number of nitrogens with zero attached hydrogens (tertiary/aromatic N) is 2. The van der Waals surface area contributed by atoms with E-state index in [9.17, 15) is 4.79 Å². The van der Waals surface area contributed by atoms with Gasteiger partial charge in [0.25, 0.3) is 0 Å². The summed E-state index contributed by atoms with van der Waals surface area (Å²) in [6.07, 6.45) is 1.44. The van der Waals surface area contributed by atoms with Crippen LogP contribution in [0.1, 0.15) is 29.5 Å². The first-order valence-corrected chi connectivity index (χ1v) is 7.06. The second-order valence-electron chi connectivity index (χ2n) is 4.93. The average Bonchev–Trinajstić information content (AvgIpc) is 3.18. The van der Waals surface area contributed by atoms with E-state index in [1.54, 1.807) is 12.1 Å². The van der Waals surface area contributed by atoms with Gasteiger partial charge in [0.1, 0.15) is 11.9 Å². The Morgan fingerprint density at radius 3 is 2.86 bits per heavy atom. The molecule has 0 bridgehead atoms. The molecule has 1 aromatic carbocycles. The highest BCUT2D eigenvalue weighted by Gasteiger charge is 2.20. The molecule has 2 heterocycles. The van der Waals surface area contributed by atoms with Crippen LogP contribution in [-0.2, 0) is 15.9 Å². The number of nitrogens with one attached hydrogen (secondary N) is 1. The van der Waals surface area contributed by atoms with Crippen LogP contribution in [0.4, 0.5) is 0 Å². The van der Waals surface area contributed by atoms with Crippen molar-refractivity contribution in [2.75, 3.05) is 13.2 Å². The lowest BCUT2D eigenvalue weighted by atomic mass is 10.1. The summed E-state index contributed by atoms with van der Waals surface area (Å²) in [5.74, 6) is 1.16.